The number of likely N-dealkylation sites (tertiary alicyclic amines) is 1. The number of hydrogen-bond donors (Lipinski definition) is 1. The second kappa shape index (κ2) is 7.19. The van der Waals surface area contributed by atoms with E-state index in [2.05, 4.69) is 5.32 Å². The van der Waals surface area contributed by atoms with Gasteiger partial charge in [-0.25, -0.2) is 0 Å². The fourth-order valence-corrected chi connectivity index (χ4v) is 3.01. The van der Waals surface area contributed by atoms with Crippen molar-refractivity contribution >= 4 is 17.5 Å². The third-order valence-corrected chi connectivity index (χ3v) is 4.23. The number of benzene rings is 2. The van der Waals surface area contributed by atoms with E-state index in [9.17, 15) is 22.8 Å². The average molecular weight is 362 g/mol. The molecule has 1 atom stereocenters. The Morgan fingerprint density at radius 3 is 2.42 bits per heavy atom. The summed E-state index contributed by atoms with van der Waals surface area (Å²) in [5, 5.41) is 2.76. The number of hydrogen-bond acceptors (Lipinski definition) is 2. The van der Waals surface area contributed by atoms with Crippen LogP contribution in [0.1, 0.15) is 6.42 Å². The van der Waals surface area contributed by atoms with Crippen LogP contribution in [-0.2, 0) is 9.59 Å². The summed E-state index contributed by atoms with van der Waals surface area (Å²) in [5.41, 5.74) is 2.27. The largest absolute Gasteiger partial charge is 0.406 e. The zero-order chi connectivity index (χ0) is 18.7. The molecule has 136 valence electrons. The summed E-state index contributed by atoms with van der Waals surface area (Å²) < 4.78 is 37.5. The van der Waals surface area contributed by atoms with Gasteiger partial charge in [-0.1, -0.05) is 48.5 Å². The number of amides is 2. The maximum Gasteiger partial charge on any atom is 0.406 e. The molecule has 0 aromatic heterocycles. The van der Waals surface area contributed by atoms with E-state index >= 15 is 0 Å². The summed E-state index contributed by atoms with van der Waals surface area (Å²) in [6, 6.07) is 16.6. The van der Waals surface area contributed by atoms with E-state index in [0.29, 0.717) is 10.6 Å². The SMILES string of the molecule is O=C(Nc1ccccc1-c1ccccc1)[C@@H]1CC(=O)N(CC(F)(F)F)C1. The molecule has 1 fully saturated rings. The predicted octanol–water partition coefficient (Wildman–Crippen LogP) is 3.70. The lowest BCUT2D eigenvalue weighted by Gasteiger charge is -2.18. The van der Waals surface area contributed by atoms with E-state index in [-0.39, 0.29) is 13.0 Å². The molecule has 2 aromatic carbocycles. The van der Waals surface area contributed by atoms with E-state index in [1.165, 1.54) is 0 Å². The van der Waals surface area contributed by atoms with Gasteiger partial charge in [0.2, 0.25) is 11.8 Å². The van der Waals surface area contributed by atoms with Gasteiger partial charge in [-0.3, -0.25) is 9.59 Å². The number of rotatable bonds is 4. The lowest BCUT2D eigenvalue weighted by atomic mass is 10.0. The fourth-order valence-electron chi connectivity index (χ4n) is 3.01. The summed E-state index contributed by atoms with van der Waals surface area (Å²) in [6.07, 6.45) is -4.68. The second-order valence-corrected chi connectivity index (χ2v) is 6.19. The lowest BCUT2D eigenvalue weighted by molar-refractivity contribution is -0.157. The van der Waals surface area contributed by atoms with Gasteiger partial charge >= 0.3 is 6.18 Å². The van der Waals surface area contributed by atoms with Crippen LogP contribution in [-0.4, -0.2) is 36.0 Å². The Morgan fingerprint density at radius 2 is 1.73 bits per heavy atom. The van der Waals surface area contributed by atoms with Crippen molar-refractivity contribution in [2.75, 3.05) is 18.4 Å². The number of nitrogens with one attached hydrogen (secondary N) is 1. The van der Waals surface area contributed by atoms with Crippen molar-refractivity contribution in [3.63, 3.8) is 0 Å². The zero-order valence-corrected chi connectivity index (χ0v) is 13.8. The van der Waals surface area contributed by atoms with E-state index < -0.39 is 30.5 Å². The number of halogens is 3. The van der Waals surface area contributed by atoms with Crippen LogP contribution >= 0.6 is 0 Å². The molecular formula is C19H17F3N2O2. The van der Waals surface area contributed by atoms with Crippen molar-refractivity contribution in [3.05, 3.63) is 54.6 Å². The Bertz CT molecular complexity index is 806. The van der Waals surface area contributed by atoms with Gasteiger partial charge in [0.05, 0.1) is 5.92 Å². The minimum atomic E-state index is -4.47. The first kappa shape index (κ1) is 18.0. The summed E-state index contributed by atoms with van der Waals surface area (Å²) in [7, 11) is 0. The van der Waals surface area contributed by atoms with Crippen molar-refractivity contribution in [2.45, 2.75) is 12.6 Å². The third-order valence-electron chi connectivity index (χ3n) is 4.23. The highest BCUT2D eigenvalue weighted by molar-refractivity contribution is 5.99. The van der Waals surface area contributed by atoms with Gasteiger partial charge in [0.25, 0.3) is 0 Å². The summed E-state index contributed by atoms with van der Waals surface area (Å²) in [6.45, 7) is -1.55. The Morgan fingerprint density at radius 1 is 1.08 bits per heavy atom. The Balaban J connectivity index is 1.73. The number of para-hydroxylation sites is 1. The van der Waals surface area contributed by atoms with Gasteiger partial charge < -0.3 is 10.2 Å². The molecule has 1 aliphatic heterocycles. The average Bonchev–Trinajstić information content (AvgIpc) is 2.95. The van der Waals surface area contributed by atoms with E-state index in [1.807, 2.05) is 42.5 Å². The Kier molecular flexibility index (Phi) is 4.97. The highest BCUT2D eigenvalue weighted by Gasteiger charge is 2.40. The molecule has 0 spiro atoms. The minimum absolute atomic E-state index is 0.213. The van der Waals surface area contributed by atoms with Gasteiger partial charge in [0.15, 0.2) is 0 Å². The highest BCUT2D eigenvalue weighted by Crippen LogP contribution is 2.29. The number of carbonyl (C=O) groups is 2. The van der Waals surface area contributed by atoms with Crippen LogP contribution in [0.15, 0.2) is 54.6 Å². The maximum atomic E-state index is 12.5. The summed E-state index contributed by atoms with van der Waals surface area (Å²) in [4.78, 5) is 24.9. The fraction of sp³-hybridized carbons (Fsp3) is 0.263. The van der Waals surface area contributed by atoms with E-state index in [0.717, 1.165) is 11.1 Å². The molecule has 2 aromatic rings. The molecule has 0 unspecified atom stereocenters. The Hall–Kier alpha value is -2.83. The zero-order valence-electron chi connectivity index (χ0n) is 13.8. The molecule has 1 N–H and O–H groups in total. The Labute approximate surface area is 148 Å². The van der Waals surface area contributed by atoms with Gasteiger partial charge in [0.1, 0.15) is 6.54 Å². The molecule has 0 saturated carbocycles. The van der Waals surface area contributed by atoms with E-state index in [1.54, 1.807) is 12.1 Å². The minimum Gasteiger partial charge on any atom is -0.333 e. The molecule has 1 saturated heterocycles. The maximum absolute atomic E-state index is 12.5. The van der Waals surface area contributed by atoms with Crippen LogP contribution in [0.4, 0.5) is 18.9 Å². The van der Waals surface area contributed by atoms with Crippen molar-refractivity contribution in [1.29, 1.82) is 0 Å². The smallest absolute Gasteiger partial charge is 0.333 e. The summed E-state index contributed by atoms with van der Waals surface area (Å²) >= 11 is 0. The van der Waals surface area contributed by atoms with Gasteiger partial charge in [-0.2, -0.15) is 13.2 Å². The van der Waals surface area contributed by atoms with Crippen molar-refractivity contribution in [3.8, 4) is 11.1 Å². The molecule has 0 aliphatic carbocycles. The highest BCUT2D eigenvalue weighted by atomic mass is 19.4. The van der Waals surface area contributed by atoms with Crippen LogP contribution in [0.3, 0.4) is 0 Å². The number of nitrogens with zero attached hydrogens (tertiary/aromatic N) is 1. The van der Waals surface area contributed by atoms with Crippen LogP contribution < -0.4 is 5.32 Å². The van der Waals surface area contributed by atoms with E-state index in [4.69, 9.17) is 0 Å². The van der Waals surface area contributed by atoms with Gasteiger partial charge in [-0.05, 0) is 11.6 Å². The standard InChI is InChI=1S/C19H17F3N2O2/c20-19(21,22)12-24-11-14(10-17(24)25)18(26)23-16-9-5-4-8-15(16)13-6-2-1-3-7-13/h1-9,14H,10-12H2,(H,23,26)/t14-/m1/s1. The van der Waals surface area contributed by atoms with Crippen molar-refractivity contribution in [1.82, 2.24) is 4.90 Å². The molecule has 7 heteroatoms. The molecule has 26 heavy (non-hydrogen) atoms. The molecule has 0 bridgehead atoms. The first-order valence-electron chi connectivity index (χ1n) is 8.13. The molecular weight excluding hydrogens is 345 g/mol. The van der Waals surface area contributed by atoms with Gasteiger partial charge in [0, 0.05) is 24.2 Å². The molecule has 4 nitrogen and oxygen atoms in total. The van der Waals surface area contributed by atoms with Crippen LogP contribution in [0.5, 0.6) is 0 Å². The van der Waals surface area contributed by atoms with Crippen molar-refractivity contribution in [2.24, 2.45) is 5.92 Å². The molecule has 2 amide bonds. The number of carbonyl (C=O) groups excluding carboxylic acids is 2. The first-order chi connectivity index (χ1) is 12.3. The molecule has 1 aliphatic rings. The summed E-state index contributed by atoms with van der Waals surface area (Å²) in [5.74, 6) is -1.90. The second-order valence-electron chi connectivity index (χ2n) is 6.19. The molecule has 0 radical (unpaired) electrons. The molecule has 3 rings (SSSR count). The monoisotopic (exact) mass is 362 g/mol. The normalized spacial score (nSPS) is 17.4. The quantitative estimate of drug-likeness (QED) is 0.902. The first-order valence-corrected chi connectivity index (χ1v) is 8.13. The molecule has 1 heterocycles. The van der Waals surface area contributed by atoms with Crippen LogP contribution in [0, 0.1) is 5.92 Å². The third kappa shape index (κ3) is 4.22. The van der Waals surface area contributed by atoms with Crippen LogP contribution in [0.25, 0.3) is 11.1 Å². The van der Waals surface area contributed by atoms with Crippen LogP contribution in [0.2, 0.25) is 0 Å². The lowest BCUT2D eigenvalue weighted by Crippen LogP contribution is -2.36. The predicted molar refractivity (Wildman–Crippen MR) is 91.2 cm³/mol. The topological polar surface area (TPSA) is 49.4 Å². The van der Waals surface area contributed by atoms with Gasteiger partial charge in [-0.15, -0.1) is 0 Å². The number of anilines is 1. The number of alkyl halides is 3. The van der Waals surface area contributed by atoms with Crippen molar-refractivity contribution < 1.29 is 22.8 Å².